The lowest BCUT2D eigenvalue weighted by Gasteiger charge is -2.22. The van der Waals surface area contributed by atoms with Gasteiger partial charge in [0, 0.05) is 36.6 Å². The van der Waals surface area contributed by atoms with Gasteiger partial charge in [0.1, 0.15) is 11.6 Å². The fourth-order valence-corrected chi connectivity index (χ4v) is 4.43. The number of aromatic nitrogens is 2. The second kappa shape index (κ2) is 10.5. The fourth-order valence-electron chi connectivity index (χ4n) is 4.43. The number of amides is 2. The summed E-state index contributed by atoms with van der Waals surface area (Å²) >= 11 is 0. The topological polar surface area (TPSA) is 93.1 Å². The number of carbonyl (C=O) groups is 2. The Morgan fingerprint density at radius 2 is 1.91 bits per heavy atom. The van der Waals surface area contributed by atoms with Crippen LogP contribution in [0.2, 0.25) is 0 Å². The van der Waals surface area contributed by atoms with Gasteiger partial charge in [0.2, 0.25) is 5.91 Å². The van der Waals surface area contributed by atoms with Gasteiger partial charge in [-0.2, -0.15) is 0 Å². The Balaban J connectivity index is 1.80. The third-order valence-electron chi connectivity index (χ3n) is 6.36. The third-order valence-corrected chi connectivity index (χ3v) is 6.36. The van der Waals surface area contributed by atoms with Crippen LogP contribution >= 0.6 is 0 Å². The maximum absolute atomic E-state index is 13.5. The molecule has 2 aromatic heterocycles. The number of carbonyl (C=O) groups excluding carboxylic acids is 2. The summed E-state index contributed by atoms with van der Waals surface area (Å²) in [6.45, 7) is 4.91. The highest BCUT2D eigenvalue weighted by Gasteiger charge is 2.27. The zero-order valence-electron chi connectivity index (χ0n) is 19.6. The minimum atomic E-state index is -0.647. The number of aryl methyl sites for hydroxylation is 2. The average Bonchev–Trinajstić information content (AvgIpc) is 3.02. The molecule has 7 nitrogen and oxygen atoms in total. The van der Waals surface area contributed by atoms with Crippen LogP contribution in [-0.2, 0) is 17.8 Å². The Bertz CT molecular complexity index is 1250. The van der Waals surface area contributed by atoms with Gasteiger partial charge in [-0.05, 0) is 56.4 Å². The van der Waals surface area contributed by atoms with Gasteiger partial charge in [0.15, 0.2) is 5.43 Å². The molecule has 4 rings (SSSR count). The standard InChI is InChI=1S/C27H30N4O3/c1-18-9-3-4-10-20(18)16-23-25(27(34)30-22-12-6-8-14-29-26(22)33)24(32)15-19(2)31(23)17-21-11-5-7-13-28-21/h3-5,7,9-11,13,15,22H,6,8,12,14,16-17H2,1-2H3,(H,29,33)(H,30,34)/t22-/m0/s1. The summed E-state index contributed by atoms with van der Waals surface area (Å²) < 4.78 is 1.98. The molecule has 1 aliphatic rings. The lowest BCUT2D eigenvalue weighted by molar-refractivity contribution is -0.122. The number of nitrogens with zero attached hydrogens (tertiary/aromatic N) is 2. The quantitative estimate of drug-likeness (QED) is 0.594. The number of pyridine rings is 2. The third kappa shape index (κ3) is 5.25. The highest BCUT2D eigenvalue weighted by atomic mass is 16.2. The molecule has 1 fully saturated rings. The molecule has 0 bridgehead atoms. The van der Waals surface area contributed by atoms with Crippen molar-refractivity contribution in [3.8, 4) is 0 Å². The van der Waals surface area contributed by atoms with Crippen molar-refractivity contribution in [2.24, 2.45) is 0 Å². The molecule has 1 atom stereocenters. The van der Waals surface area contributed by atoms with Crippen LogP contribution in [0.4, 0.5) is 0 Å². The average molecular weight is 459 g/mol. The van der Waals surface area contributed by atoms with E-state index in [1.807, 2.05) is 60.9 Å². The lowest BCUT2D eigenvalue weighted by Crippen LogP contribution is -2.47. The van der Waals surface area contributed by atoms with Crippen molar-refractivity contribution in [1.82, 2.24) is 20.2 Å². The molecule has 7 heteroatoms. The molecule has 34 heavy (non-hydrogen) atoms. The van der Waals surface area contributed by atoms with E-state index in [1.54, 1.807) is 6.20 Å². The molecule has 0 aliphatic carbocycles. The van der Waals surface area contributed by atoms with Crippen molar-refractivity contribution in [2.75, 3.05) is 6.54 Å². The van der Waals surface area contributed by atoms with Gasteiger partial charge in [-0.15, -0.1) is 0 Å². The summed E-state index contributed by atoms with van der Waals surface area (Å²) in [6.07, 6.45) is 4.40. The summed E-state index contributed by atoms with van der Waals surface area (Å²) in [5.41, 5.74) is 4.06. The van der Waals surface area contributed by atoms with Crippen molar-refractivity contribution in [2.45, 2.75) is 52.1 Å². The molecule has 1 saturated heterocycles. The summed E-state index contributed by atoms with van der Waals surface area (Å²) in [4.78, 5) is 43.5. The maximum Gasteiger partial charge on any atom is 0.257 e. The summed E-state index contributed by atoms with van der Waals surface area (Å²) in [5.74, 6) is -0.711. The molecule has 176 valence electrons. The predicted octanol–water partition coefficient (Wildman–Crippen LogP) is 2.90. The van der Waals surface area contributed by atoms with E-state index >= 15 is 0 Å². The molecule has 3 heterocycles. The maximum atomic E-state index is 13.5. The first-order valence-electron chi connectivity index (χ1n) is 11.7. The molecular weight excluding hydrogens is 428 g/mol. The van der Waals surface area contributed by atoms with Crippen molar-refractivity contribution >= 4 is 11.8 Å². The van der Waals surface area contributed by atoms with Gasteiger partial charge in [-0.1, -0.05) is 30.3 Å². The van der Waals surface area contributed by atoms with Gasteiger partial charge in [-0.3, -0.25) is 19.4 Å². The van der Waals surface area contributed by atoms with Crippen molar-refractivity contribution in [3.63, 3.8) is 0 Å². The number of hydrogen-bond acceptors (Lipinski definition) is 4. The van der Waals surface area contributed by atoms with Crippen LogP contribution in [0.5, 0.6) is 0 Å². The smallest absolute Gasteiger partial charge is 0.257 e. The zero-order valence-corrected chi connectivity index (χ0v) is 19.6. The normalized spacial score (nSPS) is 15.9. The number of hydrogen-bond donors (Lipinski definition) is 2. The molecule has 1 aliphatic heterocycles. The second-order valence-electron chi connectivity index (χ2n) is 8.80. The molecule has 0 radical (unpaired) electrons. The van der Waals surface area contributed by atoms with Gasteiger partial charge < -0.3 is 15.2 Å². The highest BCUT2D eigenvalue weighted by molar-refractivity contribution is 5.98. The van der Waals surface area contributed by atoms with Crippen LogP contribution < -0.4 is 16.1 Å². The van der Waals surface area contributed by atoms with E-state index in [4.69, 9.17) is 0 Å². The van der Waals surface area contributed by atoms with E-state index in [2.05, 4.69) is 15.6 Å². The van der Waals surface area contributed by atoms with E-state index in [9.17, 15) is 14.4 Å². The van der Waals surface area contributed by atoms with Crippen molar-refractivity contribution in [3.05, 3.63) is 98.7 Å². The van der Waals surface area contributed by atoms with Crippen LogP contribution in [0, 0.1) is 13.8 Å². The second-order valence-corrected chi connectivity index (χ2v) is 8.80. The van der Waals surface area contributed by atoms with E-state index < -0.39 is 11.9 Å². The Kier molecular flexibility index (Phi) is 7.21. The monoisotopic (exact) mass is 458 g/mol. The highest BCUT2D eigenvalue weighted by Crippen LogP contribution is 2.19. The molecule has 0 unspecified atom stereocenters. The molecule has 0 saturated carbocycles. The molecule has 0 spiro atoms. The number of benzene rings is 1. The Morgan fingerprint density at radius 3 is 2.68 bits per heavy atom. The Hall–Kier alpha value is -3.74. The SMILES string of the molecule is Cc1ccccc1Cc1c(C(=O)N[C@H]2CCCCNC2=O)c(=O)cc(C)n1Cc1ccccn1. The van der Waals surface area contributed by atoms with E-state index in [1.165, 1.54) is 6.07 Å². The van der Waals surface area contributed by atoms with Crippen molar-refractivity contribution < 1.29 is 9.59 Å². The first-order valence-corrected chi connectivity index (χ1v) is 11.7. The first kappa shape index (κ1) is 23.4. The van der Waals surface area contributed by atoms with Gasteiger partial charge >= 0.3 is 0 Å². The van der Waals surface area contributed by atoms with Crippen LogP contribution in [0.15, 0.2) is 59.5 Å². The minimum absolute atomic E-state index is 0.0850. The van der Waals surface area contributed by atoms with Crippen LogP contribution in [0.1, 0.15) is 57.8 Å². The Morgan fingerprint density at radius 1 is 1.12 bits per heavy atom. The van der Waals surface area contributed by atoms with Crippen LogP contribution in [0.25, 0.3) is 0 Å². The molecular formula is C27H30N4O3. The van der Waals surface area contributed by atoms with E-state index in [0.717, 1.165) is 35.4 Å². The lowest BCUT2D eigenvalue weighted by atomic mass is 9.98. The summed E-state index contributed by atoms with van der Waals surface area (Å²) in [5, 5.41) is 5.67. The fraction of sp³-hybridized carbons (Fsp3) is 0.333. The zero-order chi connectivity index (χ0) is 24.1. The van der Waals surface area contributed by atoms with Crippen LogP contribution in [0.3, 0.4) is 0 Å². The van der Waals surface area contributed by atoms with Gasteiger partial charge in [-0.25, -0.2) is 0 Å². The molecule has 2 N–H and O–H groups in total. The predicted molar refractivity (Wildman–Crippen MR) is 131 cm³/mol. The van der Waals surface area contributed by atoms with E-state index in [0.29, 0.717) is 31.6 Å². The van der Waals surface area contributed by atoms with E-state index in [-0.39, 0.29) is 16.9 Å². The number of nitrogens with one attached hydrogen (secondary N) is 2. The molecule has 2 amide bonds. The minimum Gasteiger partial charge on any atom is -0.354 e. The molecule has 1 aromatic carbocycles. The largest absolute Gasteiger partial charge is 0.354 e. The van der Waals surface area contributed by atoms with Crippen molar-refractivity contribution in [1.29, 1.82) is 0 Å². The van der Waals surface area contributed by atoms with Gasteiger partial charge in [0.05, 0.1) is 12.2 Å². The van der Waals surface area contributed by atoms with Crippen LogP contribution in [-0.4, -0.2) is 34.0 Å². The summed E-state index contributed by atoms with van der Waals surface area (Å²) in [7, 11) is 0. The Labute approximate surface area is 199 Å². The van der Waals surface area contributed by atoms with Gasteiger partial charge in [0.25, 0.3) is 5.91 Å². The number of rotatable bonds is 6. The summed E-state index contributed by atoms with van der Waals surface area (Å²) in [6, 6.07) is 14.5. The first-order chi connectivity index (χ1) is 16.4. The molecule has 3 aromatic rings.